The Morgan fingerprint density at radius 2 is 1.81 bits per heavy atom. The van der Waals surface area contributed by atoms with Gasteiger partial charge in [0, 0.05) is 5.69 Å². The zero-order chi connectivity index (χ0) is 15.2. The van der Waals surface area contributed by atoms with Gasteiger partial charge in [0.2, 0.25) is 0 Å². The molecule has 21 heavy (non-hydrogen) atoms. The van der Waals surface area contributed by atoms with Gasteiger partial charge in [-0.15, -0.1) is 0 Å². The van der Waals surface area contributed by atoms with Crippen LogP contribution >= 0.6 is 11.6 Å². The normalized spacial score (nSPS) is 12.0. The lowest BCUT2D eigenvalue weighted by atomic mass is 10.0. The van der Waals surface area contributed by atoms with Crippen molar-refractivity contribution in [1.29, 1.82) is 0 Å². The lowest BCUT2D eigenvalue weighted by Gasteiger charge is -2.19. The Balaban J connectivity index is 2.16. The molecule has 2 rings (SSSR count). The third kappa shape index (κ3) is 3.92. The maximum atomic E-state index is 6.18. The zero-order valence-electron chi connectivity index (χ0n) is 12.8. The lowest BCUT2D eigenvalue weighted by Crippen LogP contribution is -2.09. The maximum Gasteiger partial charge on any atom is 0.137 e. The molecule has 0 aliphatic rings. The fourth-order valence-electron chi connectivity index (χ4n) is 2.36. The van der Waals surface area contributed by atoms with E-state index in [0.29, 0.717) is 10.8 Å². The van der Waals surface area contributed by atoms with E-state index in [1.165, 1.54) is 11.1 Å². The van der Waals surface area contributed by atoms with Crippen LogP contribution in [0.25, 0.3) is 0 Å². The quantitative estimate of drug-likeness (QED) is 0.763. The van der Waals surface area contributed by atoms with Crippen molar-refractivity contribution in [3.63, 3.8) is 0 Å². The summed E-state index contributed by atoms with van der Waals surface area (Å²) in [6.07, 6.45) is 2.08. The van der Waals surface area contributed by atoms with Crippen molar-refractivity contribution < 1.29 is 4.74 Å². The van der Waals surface area contributed by atoms with Crippen molar-refractivity contribution in [2.45, 2.75) is 32.7 Å². The van der Waals surface area contributed by atoms with Crippen molar-refractivity contribution in [3.8, 4) is 5.75 Å². The third-order valence-electron chi connectivity index (χ3n) is 3.69. The van der Waals surface area contributed by atoms with Crippen LogP contribution in [-0.4, -0.2) is 7.11 Å². The van der Waals surface area contributed by atoms with Gasteiger partial charge >= 0.3 is 0 Å². The number of aryl methyl sites for hydroxylation is 1. The Bertz CT molecular complexity index is 580. The summed E-state index contributed by atoms with van der Waals surface area (Å²) in [5, 5.41) is 4.16. The van der Waals surface area contributed by atoms with Crippen molar-refractivity contribution >= 4 is 17.3 Å². The molecule has 0 aromatic heterocycles. The summed E-state index contributed by atoms with van der Waals surface area (Å²) in [7, 11) is 1.62. The Morgan fingerprint density at radius 3 is 2.33 bits per heavy atom. The van der Waals surface area contributed by atoms with Gasteiger partial charge in [0.05, 0.1) is 18.2 Å². The molecule has 0 heterocycles. The van der Waals surface area contributed by atoms with Crippen LogP contribution < -0.4 is 10.1 Å². The van der Waals surface area contributed by atoms with E-state index in [-0.39, 0.29) is 6.04 Å². The van der Waals surface area contributed by atoms with E-state index in [9.17, 15) is 0 Å². The molecule has 1 unspecified atom stereocenters. The van der Waals surface area contributed by atoms with E-state index >= 15 is 0 Å². The molecule has 0 radical (unpaired) electrons. The Labute approximate surface area is 132 Å². The first-order valence-corrected chi connectivity index (χ1v) is 7.74. The number of halogens is 1. The number of hydrogen-bond acceptors (Lipinski definition) is 2. The number of ether oxygens (including phenoxy) is 1. The van der Waals surface area contributed by atoms with Gasteiger partial charge in [-0.05, 0) is 42.2 Å². The van der Waals surface area contributed by atoms with Gasteiger partial charge in [0.1, 0.15) is 5.75 Å². The molecule has 0 aliphatic heterocycles. The number of methoxy groups -OCH3 is 1. The molecule has 1 N–H and O–H groups in total. The minimum atomic E-state index is 0.278. The van der Waals surface area contributed by atoms with Crippen molar-refractivity contribution in [2.75, 3.05) is 12.4 Å². The number of nitrogens with one attached hydrogen (secondary N) is 1. The molecule has 0 saturated carbocycles. The number of anilines is 1. The monoisotopic (exact) mass is 303 g/mol. The van der Waals surface area contributed by atoms with Crippen LogP contribution in [0.3, 0.4) is 0 Å². The molecule has 0 aliphatic carbocycles. The average Bonchev–Trinajstić information content (AvgIpc) is 2.53. The number of rotatable bonds is 6. The van der Waals surface area contributed by atoms with Crippen LogP contribution in [0, 0.1) is 0 Å². The number of benzene rings is 2. The van der Waals surface area contributed by atoms with Crippen LogP contribution in [0.1, 0.15) is 37.4 Å². The fraction of sp³-hybridized carbons (Fsp3) is 0.333. The van der Waals surface area contributed by atoms with E-state index < -0.39 is 0 Å². The van der Waals surface area contributed by atoms with E-state index in [2.05, 4.69) is 43.4 Å². The van der Waals surface area contributed by atoms with Gasteiger partial charge in [0.15, 0.2) is 0 Å². The predicted octanol–water partition coefficient (Wildman–Crippen LogP) is 5.47. The molecule has 112 valence electrons. The first-order chi connectivity index (χ1) is 10.2. The van der Waals surface area contributed by atoms with Crippen LogP contribution in [0.2, 0.25) is 5.02 Å². The van der Waals surface area contributed by atoms with E-state index in [1.54, 1.807) is 7.11 Å². The highest BCUT2D eigenvalue weighted by Gasteiger charge is 2.10. The summed E-state index contributed by atoms with van der Waals surface area (Å²) in [5.74, 6) is 0.697. The molecule has 2 nitrogen and oxygen atoms in total. The van der Waals surface area contributed by atoms with Crippen LogP contribution in [-0.2, 0) is 6.42 Å². The van der Waals surface area contributed by atoms with Gasteiger partial charge in [-0.2, -0.15) is 0 Å². The summed E-state index contributed by atoms with van der Waals surface area (Å²) >= 11 is 6.18. The molecular formula is C18H22ClNO. The molecule has 0 spiro atoms. The highest BCUT2D eigenvalue weighted by Crippen LogP contribution is 2.30. The first-order valence-electron chi connectivity index (χ1n) is 7.36. The average molecular weight is 304 g/mol. The summed E-state index contributed by atoms with van der Waals surface area (Å²) in [6, 6.07) is 14.9. The Hall–Kier alpha value is -1.67. The van der Waals surface area contributed by atoms with Crippen LogP contribution in [0.4, 0.5) is 5.69 Å². The summed E-state index contributed by atoms with van der Waals surface area (Å²) in [5.41, 5.74) is 3.66. The Kier molecular flexibility index (Phi) is 5.51. The topological polar surface area (TPSA) is 21.3 Å². The molecule has 0 saturated heterocycles. The minimum absolute atomic E-state index is 0.278. The Morgan fingerprint density at radius 1 is 1.10 bits per heavy atom. The highest BCUT2D eigenvalue weighted by molar-refractivity contribution is 6.32. The minimum Gasteiger partial charge on any atom is -0.495 e. The van der Waals surface area contributed by atoms with Crippen molar-refractivity contribution in [2.24, 2.45) is 0 Å². The standard InChI is InChI=1S/C18H22ClNO/c1-4-13-6-8-14(9-7-13)17(5-2)20-15-10-11-18(21-3)16(19)12-15/h6-12,17,20H,4-5H2,1-3H3. The van der Waals surface area contributed by atoms with E-state index in [1.807, 2.05) is 18.2 Å². The highest BCUT2D eigenvalue weighted by atomic mass is 35.5. The van der Waals surface area contributed by atoms with Crippen molar-refractivity contribution in [1.82, 2.24) is 0 Å². The molecule has 1 atom stereocenters. The first kappa shape index (κ1) is 15.7. The molecule has 3 heteroatoms. The molecule has 0 fully saturated rings. The SMILES string of the molecule is CCc1ccc(C(CC)Nc2ccc(OC)c(Cl)c2)cc1. The zero-order valence-corrected chi connectivity index (χ0v) is 13.6. The van der Waals surface area contributed by atoms with Gasteiger partial charge in [-0.25, -0.2) is 0 Å². The van der Waals surface area contributed by atoms with Crippen LogP contribution in [0.15, 0.2) is 42.5 Å². The molecule has 2 aromatic rings. The van der Waals surface area contributed by atoms with Gasteiger partial charge in [-0.3, -0.25) is 0 Å². The maximum absolute atomic E-state index is 6.18. The fourth-order valence-corrected chi connectivity index (χ4v) is 2.62. The number of hydrogen-bond donors (Lipinski definition) is 1. The van der Waals surface area contributed by atoms with Gasteiger partial charge < -0.3 is 10.1 Å². The third-order valence-corrected chi connectivity index (χ3v) is 3.99. The van der Waals surface area contributed by atoms with Gasteiger partial charge in [-0.1, -0.05) is 49.7 Å². The summed E-state index contributed by atoms with van der Waals surface area (Å²) < 4.78 is 5.18. The van der Waals surface area contributed by atoms with Gasteiger partial charge in [0.25, 0.3) is 0 Å². The largest absolute Gasteiger partial charge is 0.495 e. The van der Waals surface area contributed by atoms with Crippen molar-refractivity contribution in [3.05, 3.63) is 58.6 Å². The summed E-state index contributed by atoms with van der Waals surface area (Å²) in [6.45, 7) is 4.35. The summed E-state index contributed by atoms with van der Waals surface area (Å²) in [4.78, 5) is 0. The molecule has 0 bridgehead atoms. The molecular weight excluding hydrogens is 282 g/mol. The smallest absolute Gasteiger partial charge is 0.137 e. The second kappa shape index (κ2) is 7.37. The second-order valence-corrected chi connectivity index (χ2v) is 5.46. The van der Waals surface area contributed by atoms with Crippen LogP contribution in [0.5, 0.6) is 5.75 Å². The molecule has 2 aromatic carbocycles. The second-order valence-electron chi connectivity index (χ2n) is 5.05. The lowest BCUT2D eigenvalue weighted by molar-refractivity contribution is 0.415. The predicted molar refractivity (Wildman–Crippen MR) is 90.5 cm³/mol. The van der Waals surface area contributed by atoms with E-state index in [4.69, 9.17) is 16.3 Å². The van der Waals surface area contributed by atoms with E-state index in [0.717, 1.165) is 18.5 Å². The molecule has 0 amide bonds.